The van der Waals surface area contributed by atoms with Crippen molar-refractivity contribution >= 4 is 5.91 Å². The monoisotopic (exact) mass is 199 g/mol. The Balaban J connectivity index is 2.32. The third kappa shape index (κ3) is 2.98. The Labute approximate surface area is 86.1 Å². The number of nitrogens with zero attached hydrogens (tertiary/aromatic N) is 1. The van der Waals surface area contributed by atoms with Crippen molar-refractivity contribution in [3.8, 4) is 0 Å². The first-order valence-corrected chi connectivity index (χ1v) is 5.62. The van der Waals surface area contributed by atoms with Crippen molar-refractivity contribution < 1.29 is 9.90 Å². The molecule has 1 atom stereocenters. The van der Waals surface area contributed by atoms with Crippen LogP contribution in [-0.2, 0) is 4.79 Å². The number of hydrogen-bond donors (Lipinski definition) is 1. The van der Waals surface area contributed by atoms with Gasteiger partial charge < -0.3 is 10.0 Å². The van der Waals surface area contributed by atoms with E-state index >= 15 is 0 Å². The van der Waals surface area contributed by atoms with Crippen LogP contribution in [0.5, 0.6) is 0 Å². The fraction of sp³-hybridized carbons (Fsp3) is 0.909. The molecule has 1 N–H and O–H groups in total. The van der Waals surface area contributed by atoms with E-state index in [1.165, 1.54) is 12.8 Å². The number of carbonyl (C=O) groups excluding carboxylic acids is 1. The summed E-state index contributed by atoms with van der Waals surface area (Å²) in [5.74, 6) is 0.679. The number of piperidine rings is 1. The summed E-state index contributed by atoms with van der Waals surface area (Å²) in [5, 5.41) is 9.15. The fourth-order valence-electron chi connectivity index (χ4n) is 2.11. The molecule has 0 aliphatic carbocycles. The highest BCUT2D eigenvalue weighted by Crippen LogP contribution is 2.21. The minimum atomic E-state index is -0.835. The van der Waals surface area contributed by atoms with E-state index in [0.717, 1.165) is 31.8 Å². The molecule has 0 aromatic carbocycles. The van der Waals surface area contributed by atoms with Crippen molar-refractivity contribution in [2.75, 3.05) is 13.1 Å². The molecular weight excluding hydrogens is 178 g/mol. The molecule has 1 amide bonds. The fourth-order valence-corrected chi connectivity index (χ4v) is 2.11. The van der Waals surface area contributed by atoms with E-state index < -0.39 is 6.10 Å². The second-order valence-corrected chi connectivity index (χ2v) is 4.23. The van der Waals surface area contributed by atoms with Gasteiger partial charge in [-0.1, -0.05) is 19.8 Å². The summed E-state index contributed by atoms with van der Waals surface area (Å²) in [6.07, 6.45) is 3.88. The van der Waals surface area contributed by atoms with E-state index in [1.54, 1.807) is 11.8 Å². The van der Waals surface area contributed by atoms with Gasteiger partial charge in [-0.25, -0.2) is 0 Å². The minimum absolute atomic E-state index is 0.111. The predicted molar refractivity (Wildman–Crippen MR) is 55.9 cm³/mol. The van der Waals surface area contributed by atoms with E-state index in [2.05, 4.69) is 6.92 Å². The lowest BCUT2D eigenvalue weighted by atomic mass is 9.92. The van der Waals surface area contributed by atoms with Gasteiger partial charge in [0.15, 0.2) is 0 Å². The Morgan fingerprint density at radius 3 is 2.50 bits per heavy atom. The molecule has 0 bridgehead atoms. The first kappa shape index (κ1) is 11.5. The van der Waals surface area contributed by atoms with Gasteiger partial charge in [-0.2, -0.15) is 0 Å². The van der Waals surface area contributed by atoms with E-state index in [4.69, 9.17) is 5.11 Å². The molecule has 1 aliphatic rings. The Bertz CT molecular complexity index is 184. The molecule has 1 saturated heterocycles. The van der Waals surface area contributed by atoms with Gasteiger partial charge in [-0.15, -0.1) is 0 Å². The maximum Gasteiger partial charge on any atom is 0.251 e. The summed E-state index contributed by atoms with van der Waals surface area (Å²) >= 11 is 0. The number of amides is 1. The maximum atomic E-state index is 11.4. The van der Waals surface area contributed by atoms with Crippen LogP contribution in [0.25, 0.3) is 0 Å². The summed E-state index contributed by atoms with van der Waals surface area (Å²) in [6.45, 7) is 5.40. The molecule has 1 heterocycles. The quantitative estimate of drug-likeness (QED) is 0.746. The SMILES string of the molecule is CCCC1CCN(C(=O)[C@H](C)O)CC1. The molecule has 0 aromatic rings. The molecule has 1 aliphatic heterocycles. The molecule has 0 aromatic heterocycles. The number of aliphatic hydroxyl groups is 1. The van der Waals surface area contributed by atoms with Gasteiger partial charge in [-0.3, -0.25) is 4.79 Å². The lowest BCUT2D eigenvalue weighted by Gasteiger charge is -2.32. The highest BCUT2D eigenvalue weighted by atomic mass is 16.3. The maximum absolute atomic E-state index is 11.4. The zero-order valence-corrected chi connectivity index (χ0v) is 9.20. The van der Waals surface area contributed by atoms with Crippen LogP contribution in [0.3, 0.4) is 0 Å². The van der Waals surface area contributed by atoms with Crippen molar-refractivity contribution in [3.05, 3.63) is 0 Å². The molecule has 82 valence electrons. The van der Waals surface area contributed by atoms with Gasteiger partial charge in [0.25, 0.3) is 5.91 Å². The van der Waals surface area contributed by atoms with Crippen LogP contribution in [0.15, 0.2) is 0 Å². The first-order valence-electron chi connectivity index (χ1n) is 5.62. The highest BCUT2D eigenvalue weighted by molar-refractivity contribution is 5.80. The first-order chi connectivity index (χ1) is 6.65. The van der Waals surface area contributed by atoms with Crippen LogP contribution in [0, 0.1) is 5.92 Å². The van der Waals surface area contributed by atoms with E-state index in [1.807, 2.05) is 0 Å². The molecule has 3 heteroatoms. The topological polar surface area (TPSA) is 40.5 Å². The lowest BCUT2D eigenvalue weighted by molar-refractivity contribution is -0.140. The van der Waals surface area contributed by atoms with Crippen molar-refractivity contribution in [3.63, 3.8) is 0 Å². The second-order valence-electron chi connectivity index (χ2n) is 4.23. The molecule has 1 rings (SSSR count). The smallest absolute Gasteiger partial charge is 0.251 e. The van der Waals surface area contributed by atoms with Gasteiger partial charge in [-0.05, 0) is 25.7 Å². The molecule has 0 saturated carbocycles. The molecule has 0 radical (unpaired) electrons. The Morgan fingerprint density at radius 1 is 1.50 bits per heavy atom. The zero-order valence-electron chi connectivity index (χ0n) is 9.20. The number of aliphatic hydroxyl groups excluding tert-OH is 1. The molecule has 3 nitrogen and oxygen atoms in total. The third-order valence-electron chi connectivity index (χ3n) is 2.98. The highest BCUT2D eigenvalue weighted by Gasteiger charge is 2.24. The average molecular weight is 199 g/mol. The van der Waals surface area contributed by atoms with Crippen LogP contribution in [-0.4, -0.2) is 35.1 Å². The molecule has 0 spiro atoms. The van der Waals surface area contributed by atoms with Crippen LogP contribution in [0.1, 0.15) is 39.5 Å². The Kier molecular flexibility index (Phi) is 4.39. The van der Waals surface area contributed by atoms with E-state index in [9.17, 15) is 4.79 Å². The van der Waals surface area contributed by atoms with Crippen LogP contribution < -0.4 is 0 Å². The van der Waals surface area contributed by atoms with E-state index in [-0.39, 0.29) is 5.91 Å². The number of rotatable bonds is 3. The van der Waals surface area contributed by atoms with Crippen LogP contribution >= 0.6 is 0 Å². The Morgan fingerprint density at radius 2 is 2.07 bits per heavy atom. The van der Waals surface area contributed by atoms with Gasteiger partial charge in [0, 0.05) is 13.1 Å². The lowest BCUT2D eigenvalue weighted by Crippen LogP contribution is -2.42. The number of hydrogen-bond acceptors (Lipinski definition) is 2. The molecule has 14 heavy (non-hydrogen) atoms. The van der Waals surface area contributed by atoms with Crippen molar-refractivity contribution in [2.24, 2.45) is 5.92 Å². The average Bonchev–Trinajstić information content (AvgIpc) is 2.18. The van der Waals surface area contributed by atoms with E-state index in [0.29, 0.717) is 0 Å². The van der Waals surface area contributed by atoms with Gasteiger partial charge in [0.1, 0.15) is 6.10 Å². The van der Waals surface area contributed by atoms with Gasteiger partial charge >= 0.3 is 0 Å². The standard InChI is InChI=1S/C11H21NO2/c1-3-4-10-5-7-12(8-6-10)11(14)9(2)13/h9-10,13H,3-8H2,1-2H3/t9-/m0/s1. The minimum Gasteiger partial charge on any atom is -0.384 e. The normalized spacial score (nSPS) is 20.9. The molecular formula is C11H21NO2. The summed E-state index contributed by atoms with van der Waals surface area (Å²) in [7, 11) is 0. The summed E-state index contributed by atoms with van der Waals surface area (Å²) in [4.78, 5) is 13.2. The van der Waals surface area contributed by atoms with Crippen molar-refractivity contribution in [2.45, 2.75) is 45.6 Å². The zero-order chi connectivity index (χ0) is 10.6. The molecule has 0 unspecified atom stereocenters. The number of likely N-dealkylation sites (tertiary alicyclic amines) is 1. The van der Waals surface area contributed by atoms with Crippen LogP contribution in [0.2, 0.25) is 0 Å². The van der Waals surface area contributed by atoms with Crippen LogP contribution in [0.4, 0.5) is 0 Å². The van der Waals surface area contributed by atoms with Crippen molar-refractivity contribution in [1.29, 1.82) is 0 Å². The molecule has 1 fully saturated rings. The third-order valence-corrected chi connectivity index (χ3v) is 2.98. The summed E-state index contributed by atoms with van der Waals surface area (Å²) in [5.41, 5.74) is 0. The van der Waals surface area contributed by atoms with Gasteiger partial charge in [0.2, 0.25) is 0 Å². The van der Waals surface area contributed by atoms with Crippen molar-refractivity contribution in [1.82, 2.24) is 4.90 Å². The number of carbonyl (C=O) groups is 1. The Hall–Kier alpha value is -0.570. The largest absolute Gasteiger partial charge is 0.384 e. The second kappa shape index (κ2) is 5.35. The summed E-state index contributed by atoms with van der Waals surface area (Å²) < 4.78 is 0. The predicted octanol–water partition coefficient (Wildman–Crippen LogP) is 1.41. The summed E-state index contributed by atoms with van der Waals surface area (Å²) in [6, 6.07) is 0. The van der Waals surface area contributed by atoms with Gasteiger partial charge in [0.05, 0.1) is 0 Å².